The average Bonchev–Trinajstić information content (AvgIpc) is 2.01. The van der Waals surface area contributed by atoms with Crippen LogP contribution in [0.2, 0.25) is 0 Å². The Morgan fingerprint density at radius 3 is 1.69 bits per heavy atom. The predicted molar refractivity (Wildman–Crippen MR) is 53.2 cm³/mol. The van der Waals surface area contributed by atoms with Crippen LogP contribution in [0.3, 0.4) is 0 Å². The van der Waals surface area contributed by atoms with E-state index in [1.54, 1.807) is 6.92 Å². The number of rotatable bonds is 1. The molecule has 1 rings (SSSR count). The third kappa shape index (κ3) is 1.62. The molecule has 2 nitrogen and oxygen atoms in total. The van der Waals surface area contributed by atoms with Crippen molar-refractivity contribution in [3.63, 3.8) is 0 Å². The van der Waals surface area contributed by atoms with Crippen LogP contribution in [0.5, 0.6) is 0 Å². The first-order valence-corrected chi connectivity index (χ1v) is 4.40. The molecule has 0 aromatic carbocycles. The molecule has 0 amide bonds. The Bertz CT molecular complexity index is 341. The lowest BCUT2D eigenvalue weighted by molar-refractivity contribution is 0.101. The van der Waals surface area contributed by atoms with Gasteiger partial charge in [0.25, 0.3) is 0 Å². The van der Waals surface area contributed by atoms with Gasteiger partial charge in [-0.15, -0.1) is 0 Å². The molecule has 0 saturated heterocycles. The molecule has 70 valence electrons. The number of carbonyl (C=O) groups is 1. The molecule has 0 spiro atoms. The highest BCUT2D eigenvalue weighted by atomic mass is 16.1. The molecule has 0 bridgehead atoms. The van der Waals surface area contributed by atoms with E-state index in [0.717, 1.165) is 28.1 Å². The van der Waals surface area contributed by atoms with E-state index in [4.69, 9.17) is 0 Å². The molecule has 0 N–H and O–H groups in total. The minimum Gasteiger partial charge on any atom is -0.294 e. The van der Waals surface area contributed by atoms with Crippen LogP contribution in [0.15, 0.2) is 0 Å². The number of ketones is 1. The third-order valence-corrected chi connectivity index (χ3v) is 2.52. The fraction of sp³-hybridized carbons (Fsp3) is 0.455. The smallest absolute Gasteiger partial charge is 0.160 e. The lowest BCUT2D eigenvalue weighted by atomic mass is 9.98. The Labute approximate surface area is 79.0 Å². The van der Waals surface area contributed by atoms with E-state index < -0.39 is 0 Å². The Morgan fingerprint density at radius 1 is 1.00 bits per heavy atom. The fourth-order valence-electron chi connectivity index (χ4n) is 1.59. The van der Waals surface area contributed by atoms with Gasteiger partial charge in [-0.2, -0.15) is 0 Å². The van der Waals surface area contributed by atoms with E-state index >= 15 is 0 Å². The first-order chi connectivity index (χ1) is 5.95. The highest BCUT2D eigenvalue weighted by Crippen LogP contribution is 2.18. The maximum atomic E-state index is 11.4. The maximum Gasteiger partial charge on any atom is 0.160 e. The topological polar surface area (TPSA) is 30.0 Å². The number of nitrogens with zero attached hydrogens (tertiary/aromatic N) is 1. The van der Waals surface area contributed by atoms with Gasteiger partial charge >= 0.3 is 0 Å². The molecular weight excluding hydrogens is 162 g/mol. The Balaban J connectivity index is 3.56. The van der Waals surface area contributed by atoms with Crippen LogP contribution in [0.25, 0.3) is 0 Å². The number of pyridine rings is 1. The number of aromatic nitrogens is 1. The summed E-state index contributed by atoms with van der Waals surface area (Å²) in [7, 11) is 0. The fourth-order valence-corrected chi connectivity index (χ4v) is 1.59. The summed E-state index contributed by atoms with van der Waals surface area (Å²) in [5.74, 6) is 0.128. The van der Waals surface area contributed by atoms with Crippen molar-refractivity contribution >= 4 is 5.78 Å². The van der Waals surface area contributed by atoms with Gasteiger partial charge in [-0.1, -0.05) is 0 Å². The highest BCUT2D eigenvalue weighted by Gasteiger charge is 2.12. The van der Waals surface area contributed by atoms with Crippen LogP contribution in [-0.4, -0.2) is 10.8 Å². The Kier molecular flexibility index (Phi) is 2.50. The van der Waals surface area contributed by atoms with Crippen molar-refractivity contribution in [1.82, 2.24) is 4.98 Å². The zero-order valence-corrected chi connectivity index (χ0v) is 8.86. The minimum atomic E-state index is 0.128. The van der Waals surface area contributed by atoms with E-state index in [-0.39, 0.29) is 5.78 Å². The van der Waals surface area contributed by atoms with Crippen molar-refractivity contribution < 1.29 is 4.79 Å². The summed E-state index contributed by atoms with van der Waals surface area (Å²) in [6.07, 6.45) is 0. The molecule has 0 aliphatic carbocycles. The van der Waals surface area contributed by atoms with Gasteiger partial charge in [-0.25, -0.2) is 0 Å². The number of hydrogen-bond acceptors (Lipinski definition) is 2. The summed E-state index contributed by atoms with van der Waals surface area (Å²) in [4.78, 5) is 15.7. The minimum absolute atomic E-state index is 0.128. The summed E-state index contributed by atoms with van der Waals surface area (Å²) in [5.41, 5.74) is 4.76. The maximum absolute atomic E-state index is 11.4. The number of hydrogen-bond donors (Lipinski definition) is 0. The van der Waals surface area contributed by atoms with E-state index in [0.29, 0.717) is 0 Å². The summed E-state index contributed by atoms with van der Waals surface area (Å²) in [6.45, 7) is 9.38. The molecule has 0 saturated carbocycles. The quantitative estimate of drug-likeness (QED) is 0.617. The first kappa shape index (κ1) is 9.90. The lowest BCUT2D eigenvalue weighted by Gasteiger charge is -2.11. The van der Waals surface area contributed by atoms with Crippen LogP contribution in [-0.2, 0) is 0 Å². The van der Waals surface area contributed by atoms with Crippen molar-refractivity contribution in [2.45, 2.75) is 34.6 Å². The molecule has 1 heterocycles. The normalized spacial score (nSPS) is 10.2. The van der Waals surface area contributed by atoms with Crippen molar-refractivity contribution in [3.05, 3.63) is 28.1 Å². The van der Waals surface area contributed by atoms with Crippen LogP contribution >= 0.6 is 0 Å². The van der Waals surface area contributed by atoms with Crippen molar-refractivity contribution in [2.75, 3.05) is 0 Å². The Morgan fingerprint density at radius 2 is 1.38 bits per heavy atom. The molecule has 0 fully saturated rings. The van der Waals surface area contributed by atoms with Crippen molar-refractivity contribution in [2.24, 2.45) is 0 Å². The molecule has 0 radical (unpaired) electrons. The molecule has 0 aliphatic rings. The van der Waals surface area contributed by atoms with Gasteiger partial charge in [0.1, 0.15) is 0 Å². The SMILES string of the molecule is CC(=O)c1c(C)c(C)nc(C)c1C. The third-order valence-electron chi connectivity index (χ3n) is 2.52. The van der Waals surface area contributed by atoms with Crippen LogP contribution in [0.4, 0.5) is 0 Å². The standard InChI is InChI=1S/C11H15NO/c1-6-8(3)12-9(4)7(2)11(6)10(5)13/h1-5H3. The van der Waals surface area contributed by atoms with Crippen LogP contribution in [0, 0.1) is 27.7 Å². The molecule has 0 aliphatic heterocycles. The second kappa shape index (κ2) is 3.29. The van der Waals surface area contributed by atoms with E-state index in [9.17, 15) is 4.79 Å². The lowest BCUT2D eigenvalue weighted by Crippen LogP contribution is -2.06. The monoisotopic (exact) mass is 177 g/mol. The average molecular weight is 177 g/mol. The van der Waals surface area contributed by atoms with Crippen LogP contribution in [0.1, 0.15) is 39.8 Å². The molecule has 0 atom stereocenters. The van der Waals surface area contributed by atoms with Gasteiger partial charge < -0.3 is 0 Å². The van der Waals surface area contributed by atoms with Gasteiger partial charge in [0.05, 0.1) is 0 Å². The first-order valence-electron chi connectivity index (χ1n) is 4.40. The second-order valence-corrected chi connectivity index (χ2v) is 3.46. The second-order valence-electron chi connectivity index (χ2n) is 3.46. The molecule has 0 unspecified atom stereocenters. The summed E-state index contributed by atoms with van der Waals surface area (Å²) in [6, 6.07) is 0. The predicted octanol–water partition coefficient (Wildman–Crippen LogP) is 2.52. The van der Waals surface area contributed by atoms with E-state index in [1.807, 2.05) is 27.7 Å². The van der Waals surface area contributed by atoms with Crippen LogP contribution < -0.4 is 0 Å². The number of carbonyl (C=O) groups excluding carboxylic acids is 1. The highest BCUT2D eigenvalue weighted by molar-refractivity contribution is 5.97. The van der Waals surface area contributed by atoms with Gasteiger partial charge in [0, 0.05) is 17.0 Å². The summed E-state index contributed by atoms with van der Waals surface area (Å²) >= 11 is 0. The number of aryl methyl sites for hydroxylation is 2. The zero-order valence-electron chi connectivity index (χ0n) is 8.86. The van der Waals surface area contributed by atoms with E-state index in [1.165, 1.54) is 0 Å². The largest absolute Gasteiger partial charge is 0.294 e. The zero-order chi connectivity index (χ0) is 10.2. The van der Waals surface area contributed by atoms with Crippen molar-refractivity contribution in [3.8, 4) is 0 Å². The molecule has 1 aromatic rings. The molecule has 1 aromatic heterocycles. The van der Waals surface area contributed by atoms with Crippen molar-refractivity contribution in [1.29, 1.82) is 0 Å². The van der Waals surface area contributed by atoms with Gasteiger partial charge in [-0.3, -0.25) is 9.78 Å². The molecule has 2 heteroatoms. The summed E-state index contributed by atoms with van der Waals surface area (Å²) < 4.78 is 0. The van der Waals surface area contributed by atoms with E-state index in [2.05, 4.69) is 4.98 Å². The number of Topliss-reactive ketones (excluding diaryl/α,β-unsaturated/α-hetero) is 1. The van der Waals surface area contributed by atoms with Gasteiger partial charge in [0.2, 0.25) is 0 Å². The molecule has 13 heavy (non-hydrogen) atoms. The Hall–Kier alpha value is -1.18. The van der Waals surface area contributed by atoms with Gasteiger partial charge in [0.15, 0.2) is 5.78 Å². The molecular formula is C11H15NO. The van der Waals surface area contributed by atoms with Gasteiger partial charge in [-0.05, 0) is 45.7 Å². The summed E-state index contributed by atoms with van der Waals surface area (Å²) in [5, 5.41) is 0.